The van der Waals surface area contributed by atoms with E-state index >= 15 is 0 Å². The van der Waals surface area contributed by atoms with Gasteiger partial charge in [-0.05, 0) is 49.5 Å². The van der Waals surface area contributed by atoms with Crippen LogP contribution in [0.5, 0.6) is 0 Å². The molecular weight excluding hydrogens is 328 g/mol. The second kappa shape index (κ2) is 8.20. The quantitative estimate of drug-likeness (QED) is 0.618. The molecule has 0 bridgehead atoms. The van der Waals surface area contributed by atoms with Crippen molar-refractivity contribution in [3.63, 3.8) is 0 Å². The highest BCUT2D eigenvalue weighted by Gasteiger charge is 2.29. The highest BCUT2D eigenvalue weighted by atomic mass is 16.5. The summed E-state index contributed by atoms with van der Waals surface area (Å²) in [7, 11) is 0. The molecule has 1 saturated heterocycles. The van der Waals surface area contributed by atoms with Crippen LogP contribution in [-0.4, -0.2) is 49.1 Å². The summed E-state index contributed by atoms with van der Waals surface area (Å²) in [6.07, 6.45) is 10.0. The molecule has 136 valence electrons. The number of carbonyl (C=O) groups excluding carboxylic acids is 2. The molecule has 1 aromatic carbocycles. The average molecular weight is 352 g/mol. The van der Waals surface area contributed by atoms with Crippen LogP contribution < -0.4 is 4.90 Å². The first-order valence-electron chi connectivity index (χ1n) is 9.06. The Morgan fingerprint density at radius 2 is 2.19 bits per heavy atom. The van der Waals surface area contributed by atoms with Gasteiger partial charge in [-0.25, -0.2) is 0 Å². The van der Waals surface area contributed by atoms with Gasteiger partial charge in [-0.2, -0.15) is 0 Å². The van der Waals surface area contributed by atoms with Crippen molar-refractivity contribution in [3.8, 4) is 12.3 Å². The van der Waals surface area contributed by atoms with E-state index in [9.17, 15) is 9.59 Å². The summed E-state index contributed by atoms with van der Waals surface area (Å²) in [5.41, 5.74) is 2.46. The molecule has 2 heterocycles. The third kappa shape index (κ3) is 3.66. The van der Waals surface area contributed by atoms with E-state index < -0.39 is 0 Å². The topological polar surface area (TPSA) is 49.9 Å². The van der Waals surface area contributed by atoms with E-state index in [-0.39, 0.29) is 24.5 Å². The monoisotopic (exact) mass is 352 g/mol. The number of amides is 2. The lowest BCUT2D eigenvalue weighted by Gasteiger charge is -2.34. The Morgan fingerprint density at radius 1 is 1.35 bits per heavy atom. The molecule has 1 fully saturated rings. The van der Waals surface area contributed by atoms with Crippen LogP contribution in [0.25, 0.3) is 0 Å². The predicted octanol–water partition coefficient (Wildman–Crippen LogP) is 2.41. The third-order valence-corrected chi connectivity index (χ3v) is 4.99. The van der Waals surface area contributed by atoms with Crippen LogP contribution in [0.15, 0.2) is 30.9 Å². The van der Waals surface area contributed by atoms with Gasteiger partial charge in [-0.1, -0.05) is 18.6 Å². The molecule has 2 amide bonds. The lowest BCUT2D eigenvalue weighted by Crippen LogP contribution is -2.44. The van der Waals surface area contributed by atoms with E-state index in [1.165, 1.54) is 6.08 Å². The molecule has 0 radical (unpaired) electrons. The Balaban J connectivity index is 1.83. The van der Waals surface area contributed by atoms with Crippen molar-refractivity contribution in [3.05, 3.63) is 42.0 Å². The van der Waals surface area contributed by atoms with Crippen LogP contribution in [0.1, 0.15) is 35.2 Å². The van der Waals surface area contributed by atoms with Gasteiger partial charge in [0.05, 0.1) is 6.10 Å². The number of terminal acetylenes is 1. The van der Waals surface area contributed by atoms with Gasteiger partial charge in [0, 0.05) is 30.9 Å². The summed E-state index contributed by atoms with van der Waals surface area (Å²) in [4.78, 5) is 28.8. The zero-order chi connectivity index (χ0) is 18.5. The second-order valence-electron chi connectivity index (χ2n) is 6.63. The zero-order valence-corrected chi connectivity index (χ0v) is 14.9. The smallest absolute Gasteiger partial charge is 0.254 e. The molecule has 0 aliphatic carbocycles. The Morgan fingerprint density at radius 3 is 2.96 bits per heavy atom. The van der Waals surface area contributed by atoms with Gasteiger partial charge < -0.3 is 14.5 Å². The summed E-state index contributed by atoms with van der Waals surface area (Å²) in [6, 6.07) is 5.60. The lowest BCUT2D eigenvalue weighted by atomic mass is 9.94. The van der Waals surface area contributed by atoms with Gasteiger partial charge in [-0.3, -0.25) is 9.59 Å². The van der Waals surface area contributed by atoms with Crippen LogP contribution in [0, 0.1) is 12.3 Å². The number of piperidine rings is 1. The Labute approximate surface area is 154 Å². The van der Waals surface area contributed by atoms with Crippen LogP contribution in [-0.2, 0) is 16.0 Å². The Hall–Kier alpha value is -2.58. The molecule has 1 aromatic rings. The van der Waals surface area contributed by atoms with Crippen molar-refractivity contribution in [2.45, 2.75) is 31.8 Å². The molecule has 0 aromatic heterocycles. The molecule has 0 spiro atoms. The molecule has 0 saturated carbocycles. The molecule has 26 heavy (non-hydrogen) atoms. The highest BCUT2D eigenvalue weighted by molar-refractivity contribution is 6.04. The average Bonchev–Trinajstić information content (AvgIpc) is 2.70. The summed E-state index contributed by atoms with van der Waals surface area (Å²) in [5.74, 6) is 2.36. The maximum Gasteiger partial charge on any atom is 0.254 e. The van der Waals surface area contributed by atoms with E-state index in [1.807, 2.05) is 23.1 Å². The van der Waals surface area contributed by atoms with Crippen molar-refractivity contribution >= 4 is 17.5 Å². The number of ether oxygens (including phenoxy) is 1. The summed E-state index contributed by atoms with van der Waals surface area (Å²) in [6.45, 7) is 5.77. The van der Waals surface area contributed by atoms with Gasteiger partial charge >= 0.3 is 0 Å². The van der Waals surface area contributed by atoms with Gasteiger partial charge in [-0.15, -0.1) is 6.42 Å². The minimum atomic E-state index is -0.128. The maximum atomic E-state index is 13.1. The van der Waals surface area contributed by atoms with Crippen molar-refractivity contribution in [2.75, 3.05) is 31.1 Å². The van der Waals surface area contributed by atoms with E-state index in [4.69, 9.17) is 11.2 Å². The van der Waals surface area contributed by atoms with Crippen LogP contribution in [0.4, 0.5) is 5.69 Å². The highest BCUT2D eigenvalue weighted by Crippen LogP contribution is 2.31. The van der Waals surface area contributed by atoms with Crippen molar-refractivity contribution < 1.29 is 14.3 Å². The van der Waals surface area contributed by atoms with E-state index in [0.717, 1.165) is 36.9 Å². The van der Waals surface area contributed by atoms with Gasteiger partial charge in [0.1, 0.15) is 6.61 Å². The first kappa shape index (κ1) is 18.2. The first-order chi connectivity index (χ1) is 12.7. The van der Waals surface area contributed by atoms with Crippen LogP contribution in [0.2, 0.25) is 0 Å². The Bertz CT molecular complexity index is 750. The molecule has 1 atom stereocenters. The molecular formula is C21H24N2O3. The molecule has 2 aliphatic heterocycles. The van der Waals surface area contributed by atoms with Crippen molar-refractivity contribution in [1.82, 2.24) is 4.90 Å². The SMILES string of the molecule is C#CCOC1CCCN(C(=O)c2cccc3c2CCCN3C(=O)C=C)C1. The van der Waals surface area contributed by atoms with E-state index in [0.29, 0.717) is 25.2 Å². The molecule has 5 nitrogen and oxygen atoms in total. The summed E-state index contributed by atoms with van der Waals surface area (Å²) < 4.78 is 5.63. The largest absolute Gasteiger partial charge is 0.364 e. The summed E-state index contributed by atoms with van der Waals surface area (Å²) in [5, 5.41) is 0. The number of fused-ring (bicyclic) bond motifs is 1. The van der Waals surface area contributed by atoms with E-state index in [2.05, 4.69) is 12.5 Å². The summed E-state index contributed by atoms with van der Waals surface area (Å²) >= 11 is 0. The number of hydrogen-bond donors (Lipinski definition) is 0. The van der Waals surface area contributed by atoms with E-state index in [1.54, 1.807) is 4.90 Å². The lowest BCUT2D eigenvalue weighted by molar-refractivity contribution is -0.114. The normalized spacial score (nSPS) is 19.4. The fraction of sp³-hybridized carbons (Fsp3) is 0.429. The standard InChI is InChI=1S/C21H24N2O3/c1-3-14-26-16-8-6-12-22(15-16)21(25)18-9-5-11-19-17(18)10-7-13-23(19)20(24)4-2/h1,4-5,9,11,16H,2,6-8,10,12-15H2. The molecule has 2 aliphatic rings. The minimum absolute atomic E-state index is 0.00348. The predicted molar refractivity (Wildman–Crippen MR) is 101 cm³/mol. The van der Waals surface area contributed by atoms with Gasteiger partial charge in [0.2, 0.25) is 5.91 Å². The maximum absolute atomic E-state index is 13.1. The van der Waals surface area contributed by atoms with Crippen LogP contribution >= 0.6 is 0 Å². The number of nitrogens with zero attached hydrogens (tertiary/aromatic N) is 2. The minimum Gasteiger partial charge on any atom is -0.364 e. The number of likely N-dealkylation sites (tertiary alicyclic amines) is 1. The number of benzene rings is 1. The Kier molecular flexibility index (Phi) is 5.75. The number of anilines is 1. The van der Waals surface area contributed by atoms with Gasteiger partial charge in [0.25, 0.3) is 5.91 Å². The molecule has 5 heteroatoms. The fourth-order valence-corrected chi connectivity index (χ4v) is 3.76. The number of rotatable bonds is 4. The molecule has 3 rings (SSSR count). The fourth-order valence-electron chi connectivity index (χ4n) is 3.76. The molecule has 0 N–H and O–H groups in total. The van der Waals surface area contributed by atoms with Crippen LogP contribution in [0.3, 0.4) is 0 Å². The zero-order valence-electron chi connectivity index (χ0n) is 14.9. The van der Waals surface area contributed by atoms with Crippen molar-refractivity contribution in [2.24, 2.45) is 0 Å². The third-order valence-electron chi connectivity index (χ3n) is 4.99. The first-order valence-corrected chi connectivity index (χ1v) is 9.06. The van der Waals surface area contributed by atoms with Crippen molar-refractivity contribution in [1.29, 1.82) is 0 Å². The number of carbonyl (C=O) groups is 2. The van der Waals surface area contributed by atoms with Gasteiger partial charge in [0.15, 0.2) is 0 Å². The number of hydrogen-bond acceptors (Lipinski definition) is 3. The second-order valence-corrected chi connectivity index (χ2v) is 6.63. The molecule has 1 unspecified atom stereocenters.